The third-order valence-electron chi connectivity index (χ3n) is 5.17. The highest BCUT2D eigenvalue weighted by Gasteiger charge is 2.24. The quantitative estimate of drug-likeness (QED) is 0.550. The lowest BCUT2D eigenvalue weighted by Gasteiger charge is -2.33. The number of thiazole rings is 1. The molecule has 130 valence electrons. The van der Waals surface area contributed by atoms with E-state index in [-0.39, 0.29) is 0 Å². The molecule has 1 unspecified atom stereocenters. The number of rotatable bonds is 3. The predicted molar refractivity (Wildman–Crippen MR) is 104 cm³/mol. The second-order valence-electron chi connectivity index (χ2n) is 6.70. The number of imidazole rings is 1. The van der Waals surface area contributed by atoms with Gasteiger partial charge in [0.25, 0.3) is 0 Å². The van der Waals surface area contributed by atoms with Gasteiger partial charge in [-0.25, -0.2) is 9.97 Å². The maximum absolute atomic E-state index is 4.86. The Morgan fingerprint density at radius 1 is 1.19 bits per heavy atom. The molecule has 0 saturated carbocycles. The van der Waals surface area contributed by atoms with E-state index >= 15 is 0 Å². The number of benzene rings is 1. The number of nitrogens with zero attached hydrogens (tertiary/aromatic N) is 5. The van der Waals surface area contributed by atoms with Crippen LogP contribution in [-0.2, 0) is 13.1 Å². The number of pyridine rings is 1. The third-order valence-corrected chi connectivity index (χ3v) is 5.98. The molecule has 1 aliphatic heterocycles. The Kier molecular flexibility index (Phi) is 3.80. The molecule has 0 radical (unpaired) electrons. The van der Waals surface area contributed by atoms with Crippen LogP contribution < -0.4 is 0 Å². The van der Waals surface area contributed by atoms with Crippen LogP contribution >= 0.6 is 11.3 Å². The van der Waals surface area contributed by atoms with E-state index < -0.39 is 0 Å². The largest absolute Gasteiger partial charge is 0.332 e. The number of fused-ring (bicyclic) bond motifs is 2. The topological polar surface area (TPSA) is 46.8 Å². The van der Waals surface area contributed by atoms with Gasteiger partial charge in [-0.1, -0.05) is 6.07 Å². The molecular weight excluding hydrogens is 342 g/mol. The van der Waals surface area contributed by atoms with Crippen LogP contribution in [0.1, 0.15) is 24.4 Å². The Morgan fingerprint density at radius 2 is 2.15 bits per heavy atom. The van der Waals surface area contributed by atoms with Crippen molar-refractivity contribution in [3.8, 4) is 11.3 Å². The van der Waals surface area contributed by atoms with Gasteiger partial charge < -0.3 is 4.57 Å². The normalized spacial score (nSPS) is 15.9. The lowest BCUT2D eigenvalue weighted by Crippen LogP contribution is -2.35. The van der Waals surface area contributed by atoms with E-state index in [1.807, 2.05) is 17.8 Å². The van der Waals surface area contributed by atoms with Gasteiger partial charge in [-0.15, -0.1) is 11.3 Å². The van der Waals surface area contributed by atoms with Crippen molar-refractivity contribution in [3.05, 3.63) is 65.8 Å². The maximum Gasteiger partial charge on any atom is 0.123 e. The average molecular weight is 361 g/mol. The molecule has 0 bridgehead atoms. The summed E-state index contributed by atoms with van der Waals surface area (Å²) in [6.07, 6.45) is 5.82. The highest BCUT2D eigenvalue weighted by atomic mass is 32.1. The van der Waals surface area contributed by atoms with Crippen molar-refractivity contribution in [2.75, 3.05) is 6.54 Å². The van der Waals surface area contributed by atoms with Gasteiger partial charge in [-0.05, 0) is 36.8 Å². The van der Waals surface area contributed by atoms with Crippen molar-refractivity contribution in [1.82, 2.24) is 24.4 Å². The highest BCUT2D eigenvalue weighted by molar-refractivity contribution is 7.16. The van der Waals surface area contributed by atoms with E-state index in [0.29, 0.717) is 6.04 Å². The lowest BCUT2D eigenvalue weighted by atomic mass is 10.1. The first kappa shape index (κ1) is 15.7. The van der Waals surface area contributed by atoms with Crippen molar-refractivity contribution in [2.45, 2.75) is 26.1 Å². The third kappa shape index (κ3) is 2.71. The summed E-state index contributed by atoms with van der Waals surface area (Å²) in [5.41, 5.74) is 6.40. The minimum absolute atomic E-state index is 0.341. The predicted octanol–water partition coefficient (Wildman–Crippen LogP) is 4.13. The summed E-state index contributed by atoms with van der Waals surface area (Å²) >= 11 is 1.69. The van der Waals surface area contributed by atoms with Crippen LogP contribution in [0.3, 0.4) is 0 Å². The van der Waals surface area contributed by atoms with Gasteiger partial charge in [0.2, 0.25) is 0 Å². The zero-order chi connectivity index (χ0) is 17.5. The molecule has 0 aliphatic carbocycles. The molecule has 1 atom stereocenters. The number of hydrogen-bond acceptors (Lipinski definition) is 5. The first-order chi connectivity index (χ1) is 12.8. The Hall–Kier alpha value is -2.57. The lowest BCUT2D eigenvalue weighted by molar-refractivity contribution is 0.163. The van der Waals surface area contributed by atoms with Gasteiger partial charge in [0.15, 0.2) is 0 Å². The summed E-state index contributed by atoms with van der Waals surface area (Å²) in [4.78, 5) is 16.0. The van der Waals surface area contributed by atoms with Crippen LogP contribution in [0.15, 0.2) is 54.4 Å². The SMILES string of the molecule is CC(c1ccc2scnc2c1)N1CCn2cc(-c3cccnc3)nc2C1. The van der Waals surface area contributed by atoms with Gasteiger partial charge in [0, 0.05) is 43.3 Å². The molecule has 6 heteroatoms. The summed E-state index contributed by atoms with van der Waals surface area (Å²) in [6.45, 7) is 5.11. The number of aromatic nitrogens is 4. The van der Waals surface area contributed by atoms with E-state index in [2.05, 4.69) is 56.8 Å². The second kappa shape index (κ2) is 6.30. The van der Waals surface area contributed by atoms with E-state index in [1.165, 1.54) is 10.3 Å². The van der Waals surface area contributed by atoms with Gasteiger partial charge >= 0.3 is 0 Å². The standard InChI is InChI=1S/C20H19N5S/c1-14(15-4-5-19-17(9-15)22-13-26-19)24-7-8-25-11-18(23-20(25)12-24)16-3-2-6-21-10-16/h2-6,9-11,13-14H,7-8,12H2,1H3. The van der Waals surface area contributed by atoms with E-state index in [1.54, 1.807) is 17.5 Å². The average Bonchev–Trinajstić information content (AvgIpc) is 3.33. The summed E-state index contributed by atoms with van der Waals surface area (Å²) in [6, 6.07) is 11.0. The molecule has 0 amide bonds. The summed E-state index contributed by atoms with van der Waals surface area (Å²) in [7, 11) is 0. The molecule has 4 heterocycles. The molecule has 3 aromatic heterocycles. The van der Waals surface area contributed by atoms with Crippen molar-refractivity contribution in [3.63, 3.8) is 0 Å². The molecule has 0 N–H and O–H groups in total. The van der Waals surface area contributed by atoms with E-state index in [9.17, 15) is 0 Å². The Morgan fingerprint density at radius 3 is 3.04 bits per heavy atom. The molecule has 1 aliphatic rings. The smallest absolute Gasteiger partial charge is 0.123 e. The van der Waals surface area contributed by atoms with Crippen molar-refractivity contribution >= 4 is 21.6 Å². The van der Waals surface area contributed by atoms with Crippen LogP contribution in [0, 0.1) is 0 Å². The van der Waals surface area contributed by atoms with Crippen LogP contribution in [0.4, 0.5) is 0 Å². The van der Waals surface area contributed by atoms with Gasteiger partial charge in [-0.2, -0.15) is 0 Å². The van der Waals surface area contributed by atoms with Crippen LogP contribution in [0.2, 0.25) is 0 Å². The summed E-state index contributed by atoms with van der Waals surface area (Å²) < 4.78 is 3.52. The zero-order valence-electron chi connectivity index (χ0n) is 14.5. The Balaban J connectivity index is 1.40. The fourth-order valence-electron chi connectivity index (χ4n) is 3.60. The maximum atomic E-state index is 4.86. The van der Waals surface area contributed by atoms with Crippen molar-refractivity contribution in [1.29, 1.82) is 0 Å². The monoisotopic (exact) mass is 361 g/mol. The number of hydrogen-bond donors (Lipinski definition) is 0. The van der Waals surface area contributed by atoms with E-state index in [0.717, 1.165) is 42.2 Å². The molecule has 5 nitrogen and oxygen atoms in total. The van der Waals surface area contributed by atoms with Crippen molar-refractivity contribution < 1.29 is 0 Å². The molecule has 4 aromatic rings. The molecule has 1 aromatic carbocycles. The van der Waals surface area contributed by atoms with Crippen LogP contribution in [-0.4, -0.2) is 31.0 Å². The minimum atomic E-state index is 0.341. The molecule has 0 spiro atoms. The zero-order valence-corrected chi connectivity index (χ0v) is 15.4. The van der Waals surface area contributed by atoms with E-state index in [4.69, 9.17) is 4.98 Å². The van der Waals surface area contributed by atoms with Crippen molar-refractivity contribution in [2.24, 2.45) is 0 Å². The second-order valence-corrected chi connectivity index (χ2v) is 7.59. The molecule has 0 saturated heterocycles. The van der Waals surface area contributed by atoms with Gasteiger partial charge in [0.05, 0.1) is 28.0 Å². The fraction of sp³-hybridized carbons (Fsp3) is 0.250. The first-order valence-corrected chi connectivity index (χ1v) is 9.69. The molecule has 5 rings (SSSR count). The first-order valence-electron chi connectivity index (χ1n) is 8.81. The Bertz CT molecular complexity index is 1050. The van der Waals surface area contributed by atoms with Crippen LogP contribution in [0.5, 0.6) is 0 Å². The van der Waals surface area contributed by atoms with Crippen LogP contribution in [0.25, 0.3) is 21.5 Å². The minimum Gasteiger partial charge on any atom is -0.332 e. The van der Waals surface area contributed by atoms with Gasteiger partial charge in [-0.3, -0.25) is 9.88 Å². The summed E-state index contributed by atoms with van der Waals surface area (Å²) in [5.74, 6) is 1.12. The highest BCUT2D eigenvalue weighted by Crippen LogP contribution is 2.29. The van der Waals surface area contributed by atoms with Gasteiger partial charge in [0.1, 0.15) is 5.82 Å². The fourth-order valence-corrected chi connectivity index (χ4v) is 4.26. The summed E-state index contributed by atoms with van der Waals surface area (Å²) in [5, 5.41) is 0. The Labute approximate surface area is 156 Å². The molecule has 0 fully saturated rings. The molecule has 26 heavy (non-hydrogen) atoms. The molecular formula is C20H19N5S.